The second kappa shape index (κ2) is 7.72. The van der Waals surface area contributed by atoms with Gasteiger partial charge in [-0.05, 0) is 18.6 Å². The van der Waals surface area contributed by atoms with Gasteiger partial charge >= 0.3 is 0 Å². The van der Waals surface area contributed by atoms with Gasteiger partial charge in [-0.1, -0.05) is 18.2 Å². The lowest BCUT2D eigenvalue weighted by atomic mass is 9.97. The zero-order valence-corrected chi connectivity index (χ0v) is 14.0. The molecular formula is C16H24N2O4S. The van der Waals surface area contributed by atoms with Gasteiger partial charge in [0.2, 0.25) is 10.0 Å². The van der Waals surface area contributed by atoms with Crippen molar-refractivity contribution in [3.8, 4) is 0 Å². The van der Waals surface area contributed by atoms with E-state index in [1.165, 1.54) is 0 Å². The van der Waals surface area contributed by atoms with E-state index >= 15 is 0 Å². The highest BCUT2D eigenvalue weighted by Crippen LogP contribution is 2.22. The number of hydrogen-bond acceptors (Lipinski definition) is 5. The van der Waals surface area contributed by atoms with Crippen LogP contribution in [0.4, 0.5) is 0 Å². The highest BCUT2D eigenvalue weighted by Gasteiger charge is 2.32. The lowest BCUT2D eigenvalue weighted by Gasteiger charge is -2.37. The molecule has 0 aromatic heterocycles. The minimum atomic E-state index is -3.47. The number of sulfonamides is 1. The third-order valence-corrected chi connectivity index (χ3v) is 6.00. The van der Waals surface area contributed by atoms with E-state index in [2.05, 4.69) is 9.62 Å². The molecule has 2 fully saturated rings. The molecule has 0 bridgehead atoms. The smallest absolute Gasteiger partial charge is 0.240 e. The number of benzene rings is 1. The third-order valence-electron chi connectivity index (χ3n) is 4.56. The zero-order valence-electron chi connectivity index (χ0n) is 13.2. The van der Waals surface area contributed by atoms with E-state index < -0.39 is 10.0 Å². The summed E-state index contributed by atoms with van der Waals surface area (Å²) in [6.45, 7) is 4.96. The molecule has 0 saturated carbocycles. The maximum absolute atomic E-state index is 12.4. The number of ether oxygens (including phenoxy) is 2. The minimum absolute atomic E-state index is 0.153. The van der Waals surface area contributed by atoms with Crippen LogP contribution in [0.5, 0.6) is 0 Å². The molecule has 128 valence electrons. The summed E-state index contributed by atoms with van der Waals surface area (Å²) in [6.07, 6.45) is 0.981. The topological polar surface area (TPSA) is 67.9 Å². The fraction of sp³-hybridized carbons (Fsp3) is 0.625. The van der Waals surface area contributed by atoms with Crippen molar-refractivity contribution in [1.82, 2.24) is 9.62 Å². The summed E-state index contributed by atoms with van der Waals surface area (Å²) < 4.78 is 38.6. The molecule has 2 atom stereocenters. The highest BCUT2D eigenvalue weighted by molar-refractivity contribution is 7.89. The Morgan fingerprint density at radius 1 is 1.13 bits per heavy atom. The Morgan fingerprint density at radius 2 is 1.87 bits per heavy atom. The SMILES string of the molecule is O=S(=O)(NC[C@H]([C@H]1CCOC1)N1CCOCC1)c1ccccc1. The Balaban J connectivity index is 1.68. The summed E-state index contributed by atoms with van der Waals surface area (Å²) in [5, 5.41) is 0. The Morgan fingerprint density at radius 3 is 2.52 bits per heavy atom. The number of nitrogens with one attached hydrogen (secondary N) is 1. The van der Waals surface area contributed by atoms with Gasteiger partial charge in [-0.15, -0.1) is 0 Å². The van der Waals surface area contributed by atoms with Crippen LogP contribution in [0, 0.1) is 5.92 Å². The Labute approximate surface area is 137 Å². The monoisotopic (exact) mass is 340 g/mol. The number of rotatable bonds is 6. The van der Waals surface area contributed by atoms with Gasteiger partial charge in [-0.3, -0.25) is 4.90 Å². The first kappa shape index (κ1) is 16.9. The molecule has 1 aromatic carbocycles. The molecule has 0 aliphatic carbocycles. The predicted octanol–water partition coefficient (Wildman–Crippen LogP) is 0.702. The molecule has 1 aromatic rings. The van der Waals surface area contributed by atoms with Gasteiger partial charge in [0.1, 0.15) is 0 Å². The van der Waals surface area contributed by atoms with Crippen LogP contribution >= 0.6 is 0 Å². The molecule has 2 aliphatic rings. The van der Waals surface area contributed by atoms with Crippen molar-refractivity contribution in [3.63, 3.8) is 0 Å². The van der Waals surface area contributed by atoms with Gasteiger partial charge in [0.15, 0.2) is 0 Å². The maximum Gasteiger partial charge on any atom is 0.240 e. The van der Waals surface area contributed by atoms with E-state index in [1.54, 1.807) is 24.3 Å². The van der Waals surface area contributed by atoms with Crippen molar-refractivity contribution in [2.75, 3.05) is 46.1 Å². The van der Waals surface area contributed by atoms with Gasteiger partial charge in [0, 0.05) is 38.2 Å². The van der Waals surface area contributed by atoms with Gasteiger partial charge < -0.3 is 9.47 Å². The third kappa shape index (κ3) is 4.30. The predicted molar refractivity (Wildman–Crippen MR) is 86.7 cm³/mol. The van der Waals surface area contributed by atoms with Crippen LogP contribution in [0.3, 0.4) is 0 Å². The summed E-state index contributed by atoms with van der Waals surface area (Å²) in [6, 6.07) is 8.67. The molecular weight excluding hydrogens is 316 g/mol. The quantitative estimate of drug-likeness (QED) is 0.826. The average molecular weight is 340 g/mol. The van der Waals surface area contributed by atoms with Crippen LogP contribution in [0.1, 0.15) is 6.42 Å². The Bertz CT molecular complexity index is 581. The lowest BCUT2D eigenvalue weighted by molar-refractivity contribution is 0.00271. The molecule has 2 heterocycles. The fourth-order valence-electron chi connectivity index (χ4n) is 3.24. The normalized spacial score (nSPS) is 24.6. The molecule has 1 N–H and O–H groups in total. The number of hydrogen-bond donors (Lipinski definition) is 1. The van der Waals surface area contributed by atoms with Crippen LogP contribution in [0.2, 0.25) is 0 Å². The minimum Gasteiger partial charge on any atom is -0.381 e. The summed E-state index contributed by atoms with van der Waals surface area (Å²) in [7, 11) is -3.47. The Hall–Kier alpha value is -0.990. The molecule has 3 rings (SSSR count). The largest absolute Gasteiger partial charge is 0.381 e. The van der Waals surface area contributed by atoms with Crippen LogP contribution in [0.15, 0.2) is 35.2 Å². The first-order valence-electron chi connectivity index (χ1n) is 8.11. The van der Waals surface area contributed by atoms with Crippen molar-refractivity contribution in [1.29, 1.82) is 0 Å². The van der Waals surface area contributed by atoms with Gasteiger partial charge in [-0.25, -0.2) is 13.1 Å². The second-order valence-electron chi connectivity index (χ2n) is 6.00. The molecule has 2 aliphatic heterocycles. The van der Waals surface area contributed by atoms with E-state index in [0.717, 1.165) is 26.1 Å². The maximum atomic E-state index is 12.4. The van der Waals surface area contributed by atoms with Crippen molar-refractivity contribution >= 4 is 10.0 Å². The molecule has 0 amide bonds. The summed E-state index contributed by atoms with van der Waals surface area (Å²) in [5.74, 6) is 0.367. The number of nitrogens with zero attached hydrogens (tertiary/aromatic N) is 1. The van der Waals surface area contributed by atoms with E-state index in [9.17, 15) is 8.42 Å². The molecule has 6 nitrogen and oxygen atoms in total. The van der Waals surface area contributed by atoms with Crippen LogP contribution in [-0.2, 0) is 19.5 Å². The molecule has 0 radical (unpaired) electrons. The van der Waals surface area contributed by atoms with Gasteiger partial charge in [0.25, 0.3) is 0 Å². The van der Waals surface area contributed by atoms with E-state index in [0.29, 0.717) is 37.2 Å². The fourth-order valence-corrected chi connectivity index (χ4v) is 4.31. The van der Waals surface area contributed by atoms with E-state index in [4.69, 9.17) is 9.47 Å². The number of morpholine rings is 1. The molecule has 2 saturated heterocycles. The van der Waals surface area contributed by atoms with Gasteiger partial charge in [-0.2, -0.15) is 0 Å². The van der Waals surface area contributed by atoms with E-state index in [-0.39, 0.29) is 6.04 Å². The Kier molecular flexibility index (Phi) is 5.66. The van der Waals surface area contributed by atoms with Crippen LogP contribution in [-0.4, -0.2) is 65.4 Å². The molecule has 0 spiro atoms. The zero-order chi connectivity index (χ0) is 16.1. The van der Waals surface area contributed by atoms with E-state index in [1.807, 2.05) is 6.07 Å². The molecule has 23 heavy (non-hydrogen) atoms. The summed E-state index contributed by atoms with van der Waals surface area (Å²) >= 11 is 0. The lowest BCUT2D eigenvalue weighted by Crippen LogP contribution is -2.52. The first-order valence-corrected chi connectivity index (χ1v) is 9.59. The van der Waals surface area contributed by atoms with Crippen molar-refractivity contribution in [2.45, 2.75) is 17.4 Å². The summed E-state index contributed by atoms with van der Waals surface area (Å²) in [5.41, 5.74) is 0. The highest BCUT2D eigenvalue weighted by atomic mass is 32.2. The van der Waals surface area contributed by atoms with Crippen molar-refractivity contribution in [3.05, 3.63) is 30.3 Å². The molecule has 7 heteroatoms. The van der Waals surface area contributed by atoms with Crippen molar-refractivity contribution in [2.24, 2.45) is 5.92 Å². The van der Waals surface area contributed by atoms with Gasteiger partial charge in [0.05, 0.1) is 24.7 Å². The van der Waals surface area contributed by atoms with Crippen LogP contribution < -0.4 is 4.72 Å². The first-order chi connectivity index (χ1) is 11.2. The van der Waals surface area contributed by atoms with Crippen molar-refractivity contribution < 1.29 is 17.9 Å². The standard InChI is InChI=1S/C16H24N2O4S/c19-23(20,15-4-2-1-3-5-15)17-12-16(14-6-9-22-13-14)18-7-10-21-11-8-18/h1-5,14,16-17H,6-13H2/t14-,16+/m0/s1. The van der Waals surface area contributed by atoms with Crippen LogP contribution in [0.25, 0.3) is 0 Å². The average Bonchev–Trinajstić information content (AvgIpc) is 3.11. The summed E-state index contributed by atoms with van der Waals surface area (Å²) in [4.78, 5) is 2.64. The molecule has 0 unspecified atom stereocenters. The second-order valence-corrected chi connectivity index (χ2v) is 7.77.